The fourth-order valence-corrected chi connectivity index (χ4v) is 2.74. The van der Waals surface area contributed by atoms with E-state index < -0.39 is 0 Å². The van der Waals surface area contributed by atoms with Crippen LogP contribution in [-0.4, -0.2) is 23.1 Å². The Hall–Kier alpha value is -0.840. The molecule has 2 amide bonds. The van der Waals surface area contributed by atoms with Gasteiger partial charge in [-0.2, -0.15) is 0 Å². The number of nitrogens with one attached hydrogen (secondary N) is 2. The summed E-state index contributed by atoms with van der Waals surface area (Å²) in [5.74, 6) is 0.422. The quantitative estimate of drug-likeness (QED) is 0.670. The van der Waals surface area contributed by atoms with E-state index in [-0.39, 0.29) is 12.1 Å². The van der Waals surface area contributed by atoms with E-state index in [1.165, 1.54) is 19.3 Å². The monoisotopic (exact) mass is 255 g/mol. The van der Waals surface area contributed by atoms with Crippen molar-refractivity contribution in [1.82, 2.24) is 10.6 Å². The lowest BCUT2D eigenvalue weighted by molar-refractivity contribution is 0.231. The summed E-state index contributed by atoms with van der Waals surface area (Å²) in [4.78, 5) is 12.1. The lowest BCUT2D eigenvalue weighted by Crippen LogP contribution is -2.52. The molecule has 0 aromatic rings. The Morgan fingerprint density at radius 1 is 1.18 bits per heavy atom. The number of urea groups is 1. The molecular weight excluding hydrogens is 234 g/mol. The maximum absolute atomic E-state index is 11.7. The van der Waals surface area contributed by atoms with E-state index in [2.05, 4.69) is 10.6 Å². The second-order valence-electron chi connectivity index (χ2n) is 5.17. The topological polar surface area (TPSA) is 67.1 Å². The van der Waals surface area contributed by atoms with E-state index in [4.69, 9.17) is 18.0 Å². The molecule has 2 saturated carbocycles. The summed E-state index contributed by atoms with van der Waals surface area (Å²) in [5, 5.41) is 5.85. The van der Waals surface area contributed by atoms with Gasteiger partial charge in [0.1, 0.15) is 0 Å². The van der Waals surface area contributed by atoms with Gasteiger partial charge in [0, 0.05) is 6.04 Å². The van der Waals surface area contributed by atoms with Crippen LogP contribution >= 0.6 is 12.2 Å². The molecule has 4 nitrogen and oxygen atoms in total. The Kier molecular flexibility index (Phi) is 4.20. The highest BCUT2D eigenvalue weighted by Crippen LogP contribution is 2.26. The van der Waals surface area contributed by atoms with Crippen LogP contribution in [0.2, 0.25) is 0 Å². The first-order chi connectivity index (χ1) is 8.16. The normalized spacial score (nSPS) is 22.8. The molecule has 0 radical (unpaired) electrons. The van der Waals surface area contributed by atoms with Crippen molar-refractivity contribution in [2.75, 3.05) is 0 Å². The van der Waals surface area contributed by atoms with Crippen molar-refractivity contribution >= 4 is 23.2 Å². The van der Waals surface area contributed by atoms with Crippen LogP contribution in [-0.2, 0) is 0 Å². The first-order valence-electron chi connectivity index (χ1n) is 6.53. The van der Waals surface area contributed by atoms with Gasteiger partial charge in [0.25, 0.3) is 0 Å². The molecule has 0 aromatic heterocycles. The predicted octanol–water partition coefficient (Wildman–Crippen LogP) is 1.68. The number of carbonyl (C=O) groups excluding carboxylic acids is 1. The van der Waals surface area contributed by atoms with E-state index in [9.17, 15) is 4.79 Å². The molecule has 0 aliphatic heterocycles. The molecule has 96 valence electrons. The van der Waals surface area contributed by atoms with Crippen LogP contribution in [0.1, 0.15) is 44.9 Å². The lowest BCUT2D eigenvalue weighted by atomic mass is 9.84. The Morgan fingerprint density at radius 3 is 2.35 bits per heavy atom. The maximum Gasteiger partial charge on any atom is 0.315 e. The van der Waals surface area contributed by atoms with Gasteiger partial charge >= 0.3 is 6.03 Å². The average Bonchev–Trinajstić information content (AvgIpc) is 3.10. The number of thiocarbonyl (C=S) groups is 1. The summed E-state index contributed by atoms with van der Waals surface area (Å²) < 4.78 is 0. The zero-order valence-electron chi connectivity index (χ0n) is 10.1. The maximum atomic E-state index is 11.7. The highest BCUT2D eigenvalue weighted by Gasteiger charge is 2.29. The summed E-state index contributed by atoms with van der Waals surface area (Å²) in [5.41, 5.74) is 5.75. The van der Waals surface area contributed by atoms with Crippen molar-refractivity contribution in [3.63, 3.8) is 0 Å². The van der Waals surface area contributed by atoms with Crippen molar-refractivity contribution in [3.8, 4) is 0 Å². The number of hydrogen-bond acceptors (Lipinski definition) is 2. The Labute approximate surface area is 108 Å². The SMILES string of the molecule is NC(=S)C(NC(=O)NC1CC1)C1CCCCC1. The zero-order chi connectivity index (χ0) is 12.3. The highest BCUT2D eigenvalue weighted by atomic mass is 32.1. The molecule has 0 saturated heterocycles. The standard InChI is InChI=1S/C12H21N3OS/c13-11(17)10(8-4-2-1-3-5-8)15-12(16)14-9-6-7-9/h8-10H,1-7H2,(H2,13,17)(H2,14,15,16). The van der Waals surface area contributed by atoms with Gasteiger partial charge in [-0.05, 0) is 31.6 Å². The first kappa shape index (κ1) is 12.6. The molecule has 4 N–H and O–H groups in total. The van der Waals surface area contributed by atoms with E-state index in [1.807, 2.05) is 0 Å². The number of rotatable bonds is 4. The minimum absolute atomic E-state index is 0.115. The van der Waals surface area contributed by atoms with Crippen LogP contribution in [0.25, 0.3) is 0 Å². The van der Waals surface area contributed by atoms with E-state index in [1.54, 1.807) is 0 Å². The lowest BCUT2D eigenvalue weighted by Gasteiger charge is -2.30. The Balaban J connectivity index is 1.86. The number of amides is 2. The van der Waals surface area contributed by atoms with Gasteiger partial charge in [-0.3, -0.25) is 0 Å². The van der Waals surface area contributed by atoms with Gasteiger partial charge in [0.2, 0.25) is 0 Å². The predicted molar refractivity (Wildman–Crippen MR) is 71.8 cm³/mol. The molecule has 17 heavy (non-hydrogen) atoms. The zero-order valence-corrected chi connectivity index (χ0v) is 10.9. The number of nitrogens with two attached hydrogens (primary N) is 1. The van der Waals surface area contributed by atoms with Gasteiger partial charge in [-0.15, -0.1) is 0 Å². The van der Waals surface area contributed by atoms with Gasteiger partial charge in [-0.1, -0.05) is 31.5 Å². The molecular formula is C12H21N3OS. The van der Waals surface area contributed by atoms with Crippen LogP contribution in [0.4, 0.5) is 4.79 Å². The second-order valence-corrected chi connectivity index (χ2v) is 5.64. The number of hydrogen-bond donors (Lipinski definition) is 3. The summed E-state index contributed by atoms with van der Waals surface area (Å²) in [7, 11) is 0. The van der Waals surface area contributed by atoms with Gasteiger partial charge in [0.05, 0.1) is 11.0 Å². The van der Waals surface area contributed by atoms with Crippen molar-refractivity contribution < 1.29 is 4.79 Å². The number of carbonyl (C=O) groups is 1. The molecule has 0 heterocycles. The van der Waals surface area contributed by atoms with Crippen LogP contribution in [0.15, 0.2) is 0 Å². The van der Waals surface area contributed by atoms with Crippen LogP contribution < -0.4 is 16.4 Å². The van der Waals surface area contributed by atoms with Crippen molar-refractivity contribution in [1.29, 1.82) is 0 Å². The summed E-state index contributed by atoms with van der Waals surface area (Å²) in [6.45, 7) is 0. The third kappa shape index (κ3) is 3.84. The summed E-state index contributed by atoms with van der Waals surface area (Å²) in [6, 6.07) is 0.119. The molecule has 1 unspecified atom stereocenters. The molecule has 2 aliphatic carbocycles. The van der Waals surface area contributed by atoms with Gasteiger partial charge in [0.15, 0.2) is 0 Å². The molecule has 1 atom stereocenters. The largest absolute Gasteiger partial charge is 0.392 e. The minimum Gasteiger partial charge on any atom is -0.392 e. The fraction of sp³-hybridized carbons (Fsp3) is 0.833. The molecule has 0 bridgehead atoms. The smallest absolute Gasteiger partial charge is 0.315 e. The van der Waals surface area contributed by atoms with E-state index >= 15 is 0 Å². The molecule has 0 spiro atoms. The summed E-state index contributed by atoms with van der Waals surface area (Å²) in [6.07, 6.45) is 8.14. The molecule has 0 aromatic carbocycles. The molecule has 5 heteroatoms. The fourth-order valence-electron chi connectivity index (χ4n) is 2.48. The third-order valence-corrected chi connectivity index (χ3v) is 3.88. The Bertz CT molecular complexity index is 298. The van der Waals surface area contributed by atoms with Crippen molar-refractivity contribution in [2.45, 2.75) is 57.0 Å². The molecule has 2 rings (SSSR count). The summed E-state index contributed by atoms with van der Waals surface area (Å²) >= 11 is 5.08. The van der Waals surface area contributed by atoms with Crippen molar-refractivity contribution in [2.24, 2.45) is 11.7 Å². The minimum atomic E-state index is -0.135. The Morgan fingerprint density at radius 2 is 1.82 bits per heavy atom. The highest BCUT2D eigenvalue weighted by molar-refractivity contribution is 7.80. The van der Waals surface area contributed by atoms with Gasteiger partial charge in [-0.25, -0.2) is 4.79 Å². The van der Waals surface area contributed by atoms with E-state index in [0.717, 1.165) is 25.7 Å². The molecule has 2 fully saturated rings. The van der Waals surface area contributed by atoms with Crippen molar-refractivity contribution in [3.05, 3.63) is 0 Å². The average molecular weight is 255 g/mol. The third-order valence-electron chi connectivity index (χ3n) is 3.63. The first-order valence-corrected chi connectivity index (χ1v) is 6.94. The van der Waals surface area contributed by atoms with E-state index in [0.29, 0.717) is 16.9 Å². The van der Waals surface area contributed by atoms with Crippen LogP contribution in [0.5, 0.6) is 0 Å². The van der Waals surface area contributed by atoms with Crippen LogP contribution in [0.3, 0.4) is 0 Å². The van der Waals surface area contributed by atoms with Crippen LogP contribution in [0, 0.1) is 5.92 Å². The second kappa shape index (κ2) is 5.67. The van der Waals surface area contributed by atoms with Gasteiger partial charge < -0.3 is 16.4 Å². The molecule has 2 aliphatic rings.